The molecule has 0 saturated carbocycles. The Labute approximate surface area is 242 Å². The first-order valence-corrected chi connectivity index (χ1v) is 15.3. The maximum absolute atomic E-state index is 14.7. The van der Waals surface area contributed by atoms with E-state index in [4.69, 9.17) is 4.74 Å². The third kappa shape index (κ3) is 9.04. The zero-order chi connectivity index (χ0) is 30.0. The van der Waals surface area contributed by atoms with Crippen LogP contribution in [0.25, 0.3) is 0 Å². The standard InChI is InChI=1S/C31H38FN3O5S/c1-23(2)33-31(37)28(21-24-13-6-5-7-14-24)34(22-25-15-8-9-16-26(25)32)30(36)19-12-20-35(41(4,38)39)27-17-10-11-18-29(27)40-3/h5-11,13-18,23,28H,12,19-22H2,1-4H3,(H,33,37)/t28-/m0/s1. The van der Waals surface area contributed by atoms with Crippen molar-refractivity contribution in [3.8, 4) is 5.75 Å². The third-order valence-corrected chi connectivity index (χ3v) is 7.69. The van der Waals surface area contributed by atoms with Gasteiger partial charge in [0.05, 0.1) is 19.1 Å². The zero-order valence-electron chi connectivity index (χ0n) is 23.9. The van der Waals surface area contributed by atoms with Crippen LogP contribution in [-0.4, -0.2) is 57.1 Å². The van der Waals surface area contributed by atoms with E-state index in [9.17, 15) is 22.4 Å². The molecule has 3 rings (SSSR count). The number of para-hydroxylation sites is 2. The number of nitrogens with one attached hydrogen (secondary N) is 1. The quantitative estimate of drug-likeness (QED) is 0.301. The lowest BCUT2D eigenvalue weighted by molar-refractivity contribution is -0.141. The summed E-state index contributed by atoms with van der Waals surface area (Å²) in [6, 6.07) is 21.1. The van der Waals surface area contributed by atoms with Crippen molar-refractivity contribution in [3.05, 3.63) is 95.8 Å². The molecule has 0 aliphatic rings. The number of methoxy groups -OCH3 is 1. The fourth-order valence-electron chi connectivity index (χ4n) is 4.56. The number of halogens is 1. The topological polar surface area (TPSA) is 96.0 Å². The van der Waals surface area contributed by atoms with Gasteiger partial charge in [0.25, 0.3) is 0 Å². The minimum atomic E-state index is -3.69. The first-order valence-electron chi connectivity index (χ1n) is 13.5. The summed E-state index contributed by atoms with van der Waals surface area (Å²) in [5, 5.41) is 2.90. The molecule has 1 N–H and O–H groups in total. The van der Waals surface area contributed by atoms with Crippen molar-refractivity contribution in [2.75, 3.05) is 24.2 Å². The largest absolute Gasteiger partial charge is 0.495 e. The van der Waals surface area contributed by atoms with Crippen molar-refractivity contribution in [2.45, 2.75) is 51.7 Å². The lowest BCUT2D eigenvalue weighted by Crippen LogP contribution is -2.52. The van der Waals surface area contributed by atoms with Crippen LogP contribution in [0.1, 0.15) is 37.8 Å². The van der Waals surface area contributed by atoms with Gasteiger partial charge in [-0.3, -0.25) is 13.9 Å². The van der Waals surface area contributed by atoms with Gasteiger partial charge in [-0.15, -0.1) is 0 Å². The van der Waals surface area contributed by atoms with Crippen LogP contribution in [-0.2, 0) is 32.6 Å². The number of carbonyl (C=O) groups excluding carboxylic acids is 2. The van der Waals surface area contributed by atoms with E-state index in [1.807, 2.05) is 44.2 Å². The number of ether oxygens (including phenoxy) is 1. The summed E-state index contributed by atoms with van der Waals surface area (Å²) in [6.07, 6.45) is 1.44. The van der Waals surface area contributed by atoms with Gasteiger partial charge >= 0.3 is 0 Å². The number of carbonyl (C=O) groups is 2. The van der Waals surface area contributed by atoms with Crippen LogP contribution in [0, 0.1) is 5.82 Å². The molecule has 0 aromatic heterocycles. The Morgan fingerprint density at radius 1 is 0.951 bits per heavy atom. The van der Waals surface area contributed by atoms with Gasteiger partial charge in [-0.1, -0.05) is 60.7 Å². The smallest absolute Gasteiger partial charge is 0.243 e. The molecule has 0 spiro atoms. The van der Waals surface area contributed by atoms with Crippen molar-refractivity contribution in [3.63, 3.8) is 0 Å². The van der Waals surface area contributed by atoms with Crippen LogP contribution in [0.3, 0.4) is 0 Å². The Bertz CT molecular complexity index is 1420. The average molecular weight is 584 g/mol. The number of sulfonamides is 1. The molecule has 220 valence electrons. The van der Waals surface area contributed by atoms with Crippen LogP contribution in [0.15, 0.2) is 78.9 Å². The Kier molecular flexibility index (Phi) is 11.3. The van der Waals surface area contributed by atoms with Gasteiger partial charge in [-0.2, -0.15) is 0 Å². The van der Waals surface area contributed by atoms with Crippen LogP contribution in [0.4, 0.5) is 10.1 Å². The van der Waals surface area contributed by atoms with Crippen LogP contribution in [0.5, 0.6) is 5.75 Å². The zero-order valence-corrected chi connectivity index (χ0v) is 24.7. The molecule has 0 heterocycles. The van der Waals surface area contributed by atoms with Crippen molar-refractivity contribution >= 4 is 27.5 Å². The first kappa shape index (κ1) is 31.6. The van der Waals surface area contributed by atoms with E-state index in [2.05, 4.69) is 5.32 Å². The number of hydrogen-bond acceptors (Lipinski definition) is 5. The molecule has 3 aromatic carbocycles. The number of hydrogen-bond donors (Lipinski definition) is 1. The van der Waals surface area contributed by atoms with E-state index in [1.165, 1.54) is 22.4 Å². The van der Waals surface area contributed by atoms with E-state index in [0.717, 1.165) is 11.8 Å². The minimum Gasteiger partial charge on any atom is -0.495 e. The fourth-order valence-corrected chi connectivity index (χ4v) is 5.53. The molecule has 8 nitrogen and oxygen atoms in total. The Hall–Kier alpha value is -3.92. The second-order valence-electron chi connectivity index (χ2n) is 10.1. The minimum absolute atomic E-state index is 0.0139. The summed E-state index contributed by atoms with van der Waals surface area (Å²) in [6.45, 7) is 3.56. The monoisotopic (exact) mass is 583 g/mol. The number of nitrogens with zero attached hydrogens (tertiary/aromatic N) is 2. The first-order chi connectivity index (χ1) is 19.5. The van der Waals surface area contributed by atoms with Gasteiger partial charge in [0.1, 0.15) is 17.6 Å². The highest BCUT2D eigenvalue weighted by Gasteiger charge is 2.31. The maximum atomic E-state index is 14.7. The van der Waals surface area contributed by atoms with E-state index in [1.54, 1.807) is 42.5 Å². The molecule has 1 atom stereocenters. The van der Waals surface area contributed by atoms with Gasteiger partial charge in [0, 0.05) is 37.5 Å². The lowest BCUT2D eigenvalue weighted by atomic mass is 10.0. The molecule has 0 aliphatic carbocycles. The normalized spacial score (nSPS) is 12.0. The molecule has 0 unspecified atom stereocenters. The predicted molar refractivity (Wildman–Crippen MR) is 159 cm³/mol. The summed E-state index contributed by atoms with van der Waals surface area (Å²) < 4.78 is 46.6. The molecule has 0 aliphatic heterocycles. The molecule has 0 saturated heterocycles. The second-order valence-corrected chi connectivity index (χ2v) is 12.0. The Morgan fingerprint density at radius 3 is 2.22 bits per heavy atom. The second kappa shape index (κ2) is 14.6. The summed E-state index contributed by atoms with van der Waals surface area (Å²) in [5.41, 5.74) is 1.50. The van der Waals surface area contributed by atoms with Gasteiger partial charge in [-0.05, 0) is 44.0 Å². The number of rotatable bonds is 14. The van der Waals surface area contributed by atoms with Crippen molar-refractivity contribution in [1.29, 1.82) is 0 Å². The SMILES string of the molecule is COc1ccccc1N(CCCC(=O)N(Cc1ccccc1F)[C@@H](Cc1ccccc1)C(=O)NC(C)C)S(C)(=O)=O. The van der Waals surface area contributed by atoms with E-state index < -0.39 is 21.9 Å². The highest BCUT2D eigenvalue weighted by Crippen LogP contribution is 2.30. The van der Waals surface area contributed by atoms with E-state index in [-0.39, 0.29) is 55.8 Å². The lowest BCUT2D eigenvalue weighted by Gasteiger charge is -2.32. The summed E-state index contributed by atoms with van der Waals surface area (Å²) in [5.74, 6) is -0.826. The number of amides is 2. The van der Waals surface area contributed by atoms with Gasteiger partial charge in [0.2, 0.25) is 21.8 Å². The van der Waals surface area contributed by atoms with Gasteiger partial charge in [-0.25, -0.2) is 12.8 Å². The van der Waals surface area contributed by atoms with E-state index >= 15 is 0 Å². The Morgan fingerprint density at radius 2 is 1.59 bits per heavy atom. The average Bonchev–Trinajstić information content (AvgIpc) is 2.93. The van der Waals surface area contributed by atoms with Crippen molar-refractivity contribution in [1.82, 2.24) is 10.2 Å². The molecule has 2 amide bonds. The predicted octanol–water partition coefficient (Wildman–Crippen LogP) is 4.55. The highest BCUT2D eigenvalue weighted by atomic mass is 32.2. The third-order valence-electron chi connectivity index (χ3n) is 6.51. The summed E-state index contributed by atoms with van der Waals surface area (Å²) in [7, 11) is -2.24. The molecular formula is C31H38FN3O5S. The maximum Gasteiger partial charge on any atom is 0.243 e. The van der Waals surface area contributed by atoms with Crippen LogP contribution >= 0.6 is 0 Å². The molecule has 0 bridgehead atoms. The van der Waals surface area contributed by atoms with Crippen LogP contribution in [0.2, 0.25) is 0 Å². The van der Waals surface area contributed by atoms with Gasteiger partial charge < -0.3 is 15.0 Å². The van der Waals surface area contributed by atoms with E-state index in [0.29, 0.717) is 11.4 Å². The van der Waals surface area contributed by atoms with Gasteiger partial charge in [0.15, 0.2) is 0 Å². The molecule has 10 heteroatoms. The Balaban J connectivity index is 1.90. The number of benzene rings is 3. The number of anilines is 1. The summed E-state index contributed by atoms with van der Waals surface area (Å²) >= 11 is 0. The molecule has 0 radical (unpaired) electrons. The fraction of sp³-hybridized carbons (Fsp3) is 0.355. The molecule has 3 aromatic rings. The summed E-state index contributed by atoms with van der Waals surface area (Å²) in [4.78, 5) is 28.7. The van der Waals surface area contributed by atoms with Crippen molar-refractivity contribution < 1.29 is 27.1 Å². The molecule has 41 heavy (non-hydrogen) atoms. The highest BCUT2D eigenvalue weighted by molar-refractivity contribution is 7.92. The molecular weight excluding hydrogens is 545 g/mol. The van der Waals surface area contributed by atoms with Crippen molar-refractivity contribution in [2.24, 2.45) is 0 Å². The molecule has 0 fully saturated rings. The van der Waals surface area contributed by atoms with Crippen LogP contribution < -0.4 is 14.4 Å².